The second-order valence-corrected chi connectivity index (χ2v) is 8.37. The minimum Gasteiger partial charge on any atom is -0.491 e. The van der Waals surface area contributed by atoms with Gasteiger partial charge in [-0.05, 0) is 74.5 Å². The molecule has 0 atom stereocenters. The molecule has 34 heavy (non-hydrogen) atoms. The number of halogens is 1. The van der Waals surface area contributed by atoms with E-state index in [0.29, 0.717) is 38.9 Å². The Labute approximate surface area is 200 Å². The number of rotatable bonds is 8. The van der Waals surface area contributed by atoms with Crippen molar-refractivity contribution in [1.29, 1.82) is 0 Å². The van der Waals surface area contributed by atoms with Gasteiger partial charge in [-0.15, -0.1) is 0 Å². The summed E-state index contributed by atoms with van der Waals surface area (Å²) < 4.78 is 13.2. The molecule has 0 saturated heterocycles. The Morgan fingerprint density at radius 1 is 0.941 bits per heavy atom. The van der Waals surface area contributed by atoms with Crippen LogP contribution in [0.3, 0.4) is 0 Å². The Kier molecular flexibility index (Phi) is 6.47. The highest BCUT2D eigenvalue weighted by molar-refractivity contribution is 6.30. The predicted octanol–water partition coefficient (Wildman–Crippen LogP) is 6.19. The second-order valence-electron chi connectivity index (χ2n) is 7.93. The molecule has 0 amide bonds. The maximum Gasteiger partial charge on any atom is 0.338 e. The van der Waals surface area contributed by atoms with Crippen LogP contribution in [0.15, 0.2) is 66.7 Å². The van der Waals surface area contributed by atoms with Crippen molar-refractivity contribution in [2.24, 2.45) is 0 Å². The minimum absolute atomic E-state index is 0.0483. The maximum absolute atomic E-state index is 12.2. The van der Waals surface area contributed by atoms with Crippen molar-refractivity contribution in [1.82, 2.24) is 4.57 Å². The van der Waals surface area contributed by atoms with Crippen LogP contribution in [-0.2, 0) is 11.2 Å². The van der Waals surface area contributed by atoms with Crippen molar-refractivity contribution in [3.8, 4) is 22.9 Å². The zero-order valence-corrected chi connectivity index (χ0v) is 19.2. The number of carbonyl (C=O) groups is 2. The lowest BCUT2D eigenvalue weighted by molar-refractivity contribution is -0.136. The van der Waals surface area contributed by atoms with Gasteiger partial charge in [0.1, 0.15) is 17.2 Å². The van der Waals surface area contributed by atoms with Crippen LogP contribution in [-0.4, -0.2) is 32.8 Å². The van der Waals surface area contributed by atoms with Gasteiger partial charge in [0.15, 0.2) is 0 Å². The van der Waals surface area contributed by atoms with Gasteiger partial charge in [-0.2, -0.15) is 0 Å². The lowest BCUT2D eigenvalue weighted by Crippen LogP contribution is -2.11. The molecule has 2 N–H and O–H groups in total. The first-order chi connectivity index (χ1) is 16.2. The number of benzene rings is 3. The largest absolute Gasteiger partial charge is 0.491 e. The summed E-state index contributed by atoms with van der Waals surface area (Å²) >= 11 is 6.15. The van der Waals surface area contributed by atoms with Gasteiger partial charge in [0.25, 0.3) is 0 Å². The molecule has 7 nitrogen and oxygen atoms in total. The number of fused-ring (bicyclic) bond motifs is 1. The van der Waals surface area contributed by atoms with Gasteiger partial charge in [0.2, 0.25) is 0 Å². The molecule has 174 valence electrons. The molecule has 4 aromatic rings. The third-order valence-corrected chi connectivity index (χ3v) is 5.30. The molecule has 4 rings (SSSR count). The molecule has 0 aliphatic carbocycles. The topological polar surface area (TPSA) is 98.0 Å². The highest BCUT2D eigenvalue weighted by Crippen LogP contribution is 2.35. The lowest BCUT2D eigenvalue weighted by Gasteiger charge is -2.12. The van der Waals surface area contributed by atoms with Crippen LogP contribution in [0.4, 0.5) is 0 Å². The summed E-state index contributed by atoms with van der Waals surface area (Å²) in [5.41, 5.74) is 1.15. The maximum atomic E-state index is 12.2. The van der Waals surface area contributed by atoms with E-state index in [1.807, 2.05) is 13.8 Å². The Balaban J connectivity index is 1.82. The summed E-state index contributed by atoms with van der Waals surface area (Å²) in [6.07, 6.45) is -0.428. The number of aromatic carboxylic acids is 1. The van der Waals surface area contributed by atoms with Crippen LogP contribution < -0.4 is 9.47 Å². The van der Waals surface area contributed by atoms with E-state index in [-0.39, 0.29) is 17.4 Å². The number of aromatic nitrogens is 1. The Hall–Kier alpha value is -3.97. The number of aliphatic carboxylic acids is 1. The second kappa shape index (κ2) is 9.49. The van der Waals surface area contributed by atoms with E-state index in [9.17, 15) is 19.8 Å². The molecule has 1 aromatic heterocycles. The molecule has 0 aliphatic rings. The number of nitrogens with zero attached hydrogens (tertiary/aromatic N) is 1. The van der Waals surface area contributed by atoms with Gasteiger partial charge in [-0.1, -0.05) is 17.7 Å². The fourth-order valence-electron chi connectivity index (χ4n) is 3.84. The van der Waals surface area contributed by atoms with Crippen molar-refractivity contribution >= 4 is 34.4 Å². The zero-order chi connectivity index (χ0) is 24.4. The van der Waals surface area contributed by atoms with Crippen molar-refractivity contribution in [3.63, 3.8) is 0 Å². The van der Waals surface area contributed by atoms with E-state index in [1.165, 1.54) is 0 Å². The third-order valence-electron chi connectivity index (χ3n) is 5.07. The molecule has 0 unspecified atom stereocenters. The van der Waals surface area contributed by atoms with Crippen LogP contribution in [0, 0.1) is 0 Å². The standard InChI is InChI=1S/C26H22ClNO6/c1-15(2)33-18-6-8-19(9-7-18)34-20-10-11-22-21(13-20)25(26(31)32)23(14-24(29)30)28(22)17-5-3-4-16(27)12-17/h3-13,15H,14H2,1-2H3,(H,29,30)(H,31,32). The first-order valence-corrected chi connectivity index (χ1v) is 10.9. The number of hydrogen-bond donors (Lipinski definition) is 2. The summed E-state index contributed by atoms with van der Waals surface area (Å²) in [7, 11) is 0. The summed E-state index contributed by atoms with van der Waals surface area (Å²) in [6, 6.07) is 18.9. The number of carboxylic acid groups (broad SMARTS) is 2. The predicted molar refractivity (Wildman–Crippen MR) is 129 cm³/mol. The van der Waals surface area contributed by atoms with Crippen molar-refractivity contribution < 1.29 is 29.3 Å². The molecule has 0 radical (unpaired) electrons. The van der Waals surface area contributed by atoms with Gasteiger partial charge >= 0.3 is 11.9 Å². The molecule has 0 aliphatic heterocycles. The van der Waals surface area contributed by atoms with Crippen LogP contribution in [0.5, 0.6) is 17.2 Å². The fourth-order valence-corrected chi connectivity index (χ4v) is 4.03. The SMILES string of the molecule is CC(C)Oc1ccc(Oc2ccc3c(c2)c(C(=O)O)c(CC(=O)O)n3-c2cccc(Cl)c2)cc1. The van der Waals surface area contributed by atoms with E-state index in [4.69, 9.17) is 21.1 Å². The van der Waals surface area contributed by atoms with Gasteiger partial charge in [-0.3, -0.25) is 4.79 Å². The molecule has 0 spiro atoms. The fraction of sp³-hybridized carbons (Fsp3) is 0.154. The van der Waals surface area contributed by atoms with E-state index in [2.05, 4.69) is 0 Å². The Morgan fingerprint density at radius 3 is 2.24 bits per heavy atom. The Morgan fingerprint density at radius 2 is 1.62 bits per heavy atom. The molecular formula is C26H22ClNO6. The average molecular weight is 480 g/mol. The van der Waals surface area contributed by atoms with E-state index in [1.54, 1.807) is 71.3 Å². The smallest absolute Gasteiger partial charge is 0.338 e. The van der Waals surface area contributed by atoms with Crippen LogP contribution in [0.1, 0.15) is 29.9 Å². The summed E-state index contributed by atoms with van der Waals surface area (Å²) in [5.74, 6) is -0.698. The van der Waals surface area contributed by atoms with E-state index < -0.39 is 18.4 Å². The summed E-state index contributed by atoms with van der Waals surface area (Å²) in [6.45, 7) is 3.88. The van der Waals surface area contributed by atoms with E-state index >= 15 is 0 Å². The quantitative estimate of drug-likeness (QED) is 0.313. The molecule has 1 heterocycles. The molecule has 3 aromatic carbocycles. The molecule has 0 fully saturated rings. The lowest BCUT2D eigenvalue weighted by atomic mass is 10.1. The summed E-state index contributed by atoms with van der Waals surface area (Å²) in [4.78, 5) is 23.8. The molecule has 0 saturated carbocycles. The molecule has 8 heteroatoms. The minimum atomic E-state index is -1.23. The van der Waals surface area contributed by atoms with Crippen LogP contribution >= 0.6 is 11.6 Å². The van der Waals surface area contributed by atoms with Crippen molar-refractivity contribution in [3.05, 3.63) is 83.0 Å². The van der Waals surface area contributed by atoms with Crippen LogP contribution in [0.2, 0.25) is 5.02 Å². The Bertz CT molecular complexity index is 1370. The normalized spacial score (nSPS) is 11.1. The highest BCUT2D eigenvalue weighted by atomic mass is 35.5. The first-order valence-electron chi connectivity index (χ1n) is 10.6. The average Bonchev–Trinajstić information content (AvgIpc) is 3.07. The van der Waals surface area contributed by atoms with Gasteiger partial charge in [-0.25, -0.2) is 4.79 Å². The number of ether oxygens (including phenoxy) is 2. The molecule has 0 bridgehead atoms. The first kappa shape index (κ1) is 23.2. The summed E-state index contributed by atoms with van der Waals surface area (Å²) in [5, 5.41) is 20.3. The zero-order valence-electron chi connectivity index (χ0n) is 18.5. The van der Waals surface area contributed by atoms with E-state index in [0.717, 1.165) is 0 Å². The third kappa shape index (κ3) is 4.84. The van der Waals surface area contributed by atoms with Crippen molar-refractivity contribution in [2.45, 2.75) is 26.4 Å². The monoisotopic (exact) mass is 479 g/mol. The van der Waals surface area contributed by atoms with Gasteiger partial charge in [0.05, 0.1) is 23.6 Å². The number of carboxylic acids is 2. The van der Waals surface area contributed by atoms with Gasteiger partial charge < -0.3 is 24.3 Å². The number of hydrogen-bond acceptors (Lipinski definition) is 4. The van der Waals surface area contributed by atoms with Crippen LogP contribution in [0.25, 0.3) is 16.6 Å². The van der Waals surface area contributed by atoms with Crippen molar-refractivity contribution in [2.75, 3.05) is 0 Å². The highest BCUT2D eigenvalue weighted by Gasteiger charge is 2.25. The molecular weight excluding hydrogens is 458 g/mol. The van der Waals surface area contributed by atoms with Gasteiger partial charge in [0, 0.05) is 21.8 Å².